The van der Waals surface area contributed by atoms with Crippen molar-refractivity contribution in [2.45, 2.75) is 18.9 Å². The van der Waals surface area contributed by atoms with E-state index in [4.69, 9.17) is 10.8 Å². The lowest BCUT2D eigenvalue weighted by Crippen LogP contribution is -2.31. The molecule has 3 N–H and O–H groups in total. The highest BCUT2D eigenvalue weighted by Crippen LogP contribution is 2.40. The molecule has 0 aromatic rings. The second-order valence-electron chi connectivity index (χ2n) is 3.85. The molecule has 4 heteroatoms. The van der Waals surface area contributed by atoms with Crippen LogP contribution in [0.3, 0.4) is 0 Å². The van der Waals surface area contributed by atoms with Crippen molar-refractivity contribution in [1.82, 2.24) is 4.90 Å². The van der Waals surface area contributed by atoms with Gasteiger partial charge in [-0.15, -0.1) is 0 Å². The molecule has 1 heterocycles. The number of hydrogen-bond donors (Lipinski definition) is 2. The molecule has 0 bridgehead atoms. The van der Waals surface area contributed by atoms with Crippen molar-refractivity contribution in [3.8, 4) is 0 Å². The van der Waals surface area contributed by atoms with Gasteiger partial charge in [0.05, 0.1) is 0 Å². The normalized spacial score (nSPS) is 35.6. The molecule has 1 aliphatic heterocycles. The van der Waals surface area contributed by atoms with E-state index in [9.17, 15) is 4.79 Å². The molecule has 2 atom stereocenters. The maximum Gasteiger partial charge on any atom is 0.407 e. The van der Waals surface area contributed by atoms with Crippen LogP contribution in [-0.4, -0.2) is 35.2 Å². The lowest BCUT2D eigenvalue weighted by atomic mass is 9.99. The van der Waals surface area contributed by atoms with Crippen LogP contribution in [0.15, 0.2) is 0 Å². The van der Waals surface area contributed by atoms with Crippen LogP contribution >= 0.6 is 0 Å². The maximum absolute atomic E-state index is 10.6. The molecule has 1 saturated heterocycles. The Morgan fingerprint density at radius 2 is 2.08 bits per heavy atom. The minimum absolute atomic E-state index is 0.0774. The summed E-state index contributed by atoms with van der Waals surface area (Å²) < 4.78 is 0. The van der Waals surface area contributed by atoms with Gasteiger partial charge in [-0.2, -0.15) is 0 Å². The predicted molar refractivity (Wildman–Crippen MR) is 43.8 cm³/mol. The molecule has 2 unspecified atom stereocenters. The Balaban J connectivity index is 1.96. The first-order valence-corrected chi connectivity index (χ1v) is 4.42. The molecule has 0 aromatic heterocycles. The predicted octanol–water partition coefficient (Wildman–Crippen LogP) is 0.333. The number of nitrogens with two attached hydrogens (primary N) is 1. The molecule has 2 rings (SSSR count). The van der Waals surface area contributed by atoms with Crippen LogP contribution in [0, 0.1) is 11.8 Å². The first-order chi connectivity index (χ1) is 5.68. The summed E-state index contributed by atoms with van der Waals surface area (Å²) in [5, 5.41) is 8.72. The summed E-state index contributed by atoms with van der Waals surface area (Å²) >= 11 is 0. The van der Waals surface area contributed by atoms with Gasteiger partial charge in [0.25, 0.3) is 0 Å². The molecule has 68 valence electrons. The summed E-state index contributed by atoms with van der Waals surface area (Å²) in [4.78, 5) is 12.0. The number of carboxylic acid groups (broad SMARTS) is 1. The van der Waals surface area contributed by atoms with Crippen LogP contribution < -0.4 is 5.73 Å². The van der Waals surface area contributed by atoms with Crippen molar-refractivity contribution in [2.24, 2.45) is 17.6 Å². The van der Waals surface area contributed by atoms with Crippen LogP contribution in [0.4, 0.5) is 4.79 Å². The summed E-state index contributed by atoms with van der Waals surface area (Å²) in [6, 6.07) is 0.0774. The number of nitrogens with zero attached hydrogens (tertiary/aromatic N) is 1. The van der Waals surface area contributed by atoms with Gasteiger partial charge in [-0.05, 0) is 24.7 Å². The van der Waals surface area contributed by atoms with E-state index >= 15 is 0 Å². The third-order valence-corrected chi connectivity index (χ3v) is 2.91. The van der Waals surface area contributed by atoms with Crippen molar-refractivity contribution in [3.63, 3.8) is 0 Å². The van der Waals surface area contributed by atoms with Crippen LogP contribution in [0.1, 0.15) is 12.8 Å². The number of rotatable bonds is 1. The Kier molecular flexibility index (Phi) is 1.72. The fraction of sp³-hybridized carbons (Fsp3) is 0.875. The van der Waals surface area contributed by atoms with Crippen molar-refractivity contribution in [2.75, 3.05) is 13.1 Å². The monoisotopic (exact) mass is 170 g/mol. The molecular weight excluding hydrogens is 156 g/mol. The molecule has 12 heavy (non-hydrogen) atoms. The number of carbonyl (C=O) groups is 1. The zero-order valence-corrected chi connectivity index (χ0v) is 6.94. The van der Waals surface area contributed by atoms with Gasteiger partial charge in [-0.3, -0.25) is 0 Å². The maximum atomic E-state index is 10.6. The van der Waals surface area contributed by atoms with Crippen molar-refractivity contribution >= 4 is 6.09 Å². The van der Waals surface area contributed by atoms with Crippen molar-refractivity contribution < 1.29 is 9.90 Å². The fourth-order valence-electron chi connectivity index (χ4n) is 2.03. The van der Waals surface area contributed by atoms with Gasteiger partial charge in [0.1, 0.15) is 0 Å². The Morgan fingerprint density at radius 3 is 2.50 bits per heavy atom. The van der Waals surface area contributed by atoms with E-state index in [1.165, 1.54) is 17.7 Å². The van der Waals surface area contributed by atoms with Gasteiger partial charge in [0.15, 0.2) is 0 Å². The quantitative estimate of drug-likeness (QED) is 0.596. The SMILES string of the molecule is NC1CN(C(=O)O)CC1C1CC1. The topological polar surface area (TPSA) is 66.6 Å². The van der Waals surface area contributed by atoms with Crippen molar-refractivity contribution in [3.05, 3.63) is 0 Å². The van der Waals surface area contributed by atoms with Crippen LogP contribution in [0.2, 0.25) is 0 Å². The van der Waals surface area contributed by atoms with Crippen LogP contribution in [0.5, 0.6) is 0 Å². The van der Waals surface area contributed by atoms with E-state index in [2.05, 4.69) is 0 Å². The Morgan fingerprint density at radius 1 is 1.42 bits per heavy atom. The lowest BCUT2D eigenvalue weighted by Gasteiger charge is -2.11. The Hall–Kier alpha value is -0.770. The molecule has 1 amide bonds. The molecule has 1 saturated carbocycles. The van der Waals surface area contributed by atoms with Gasteiger partial charge in [-0.25, -0.2) is 4.79 Å². The first kappa shape index (κ1) is 7.86. The van der Waals surface area contributed by atoms with Gasteiger partial charge in [0, 0.05) is 19.1 Å². The Labute approximate surface area is 71.3 Å². The minimum atomic E-state index is -0.825. The number of amides is 1. The number of hydrogen-bond acceptors (Lipinski definition) is 2. The highest BCUT2D eigenvalue weighted by atomic mass is 16.4. The summed E-state index contributed by atoms with van der Waals surface area (Å²) in [5.41, 5.74) is 5.84. The average molecular weight is 170 g/mol. The first-order valence-electron chi connectivity index (χ1n) is 4.42. The van der Waals surface area contributed by atoms with E-state index in [1.54, 1.807) is 0 Å². The number of likely N-dealkylation sites (tertiary alicyclic amines) is 1. The summed E-state index contributed by atoms with van der Waals surface area (Å²) in [6.07, 6.45) is 1.66. The second-order valence-corrected chi connectivity index (χ2v) is 3.85. The highest BCUT2D eigenvalue weighted by molar-refractivity contribution is 5.65. The standard InChI is InChI=1S/C8H14N2O2/c9-7-4-10(8(11)12)3-6(7)5-1-2-5/h5-7H,1-4,9H2,(H,11,12). The molecule has 0 radical (unpaired) electrons. The zero-order chi connectivity index (χ0) is 8.72. The molecule has 1 aliphatic carbocycles. The molecular formula is C8H14N2O2. The van der Waals surface area contributed by atoms with E-state index in [0.29, 0.717) is 24.9 Å². The molecule has 0 spiro atoms. The van der Waals surface area contributed by atoms with Gasteiger partial charge >= 0.3 is 6.09 Å². The molecule has 4 nitrogen and oxygen atoms in total. The second kappa shape index (κ2) is 2.62. The van der Waals surface area contributed by atoms with Gasteiger partial charge < -0.3 is 15.7 Å². The summed E-state index contributed by atoms with van der Waals surface area (Å²) in [6.45, 7) is 1.18. The summed E-state index contributed by atoms with van der Waals surface area (Å²) in [7, 11) is 0. The summed E-state index contributed by atoms with van der Waals surface area (Å²) in [5.74, 6) is 1.14. The molecule has 2 aliphatic rings. The van der Waals surface area contributed by atoms with Gasteiger partial charge in [0.2, 0.25) is 0 Å². The minimum Gasteiger partial charge on any atom is -0.465 e. The third-order valence-electron chi connectivity index (χ3n) is 2.91. The van der Waals surface area contributed by atoms with E-state index in [1.807, 2.05) is 0 Å². The third kappa shape index (κ3) is 1.27. The van der Waals surface area contributed by atoms with Gasteiger partial charge in [-0.1, -0.05) is 0 Å². The van der Waals surface area contributed by atoms with Crippen molar-refractivity contribution in [1.29, 1.82) is 0 Å². The smallest absolute Gasteiger partial charge is 0.407 e. The van der Waals surface area contributed by atoms with E-state index in [-0.39, 0.29) is 6.04 Å². The highest BCUT2D eigenvalue weighted by Gasteiger charge is 2.42. The zero-order valence-electron chi connectivity index (χ0n) is 6.94. The largest absolute Gasteiger partial charge is 0.465 e. The molecule has 2 fully saturated rings. The van der Waals surface area contributed by atoms with E-state index in [0.717, 1.165) is 0 Å². The van der Waals surface area contributed by atoms with Crippen LogP contribution in [0.25, 0.3) is 0 Å². The van der Waals surface area contributed by atoms with Crippen LogP contribution in [-0.2, 0) is 0 Å². The molecule has 0 aromatic carbocycles. The average Bonchev–Trinajstić information content (AvgIpc) is 2.75. The Bertz CT molecular complexity index is 203. The van der Waals surface area contributed by atoms with E-state index < -0.39 is 6.09 Å². The fourth-order valence-corrected chi connectivity index (χ4v) is 2.03. The lowest BCUT2D eigenvalue weighted by molar-refractivity contribution is 0.153.